The minimum atomic E-state index is 0.346. The van der Waals surface area contributed by atoms with E-state index < -0.39 is 0 Å². The summed E-state index contributed by atoms with van der Waals surface area (Å²) in [6.45, 7) is 3.78. The van der Waals surface area contributed by atoms with Crippen molar-refractivity contribution in [3.63, 3.8) is 0 Å². The maximum absolute atomic E-state index is 6.00. The topological polar surface area (TPSA) is 38.5 Å². The Bertz CT molecular complexity index is 370. The summed E-state index contributed by atoms with van der Waals surface area (Å²) >= 11 is 5.41. The molecule has 1 aromatic rings. The molecule has 2 unspecified atom stereocenters. The monoisotopic (exact) mass is 332 g/mol. The van der Waals surface area contributed by atoms with Gasteiger partial charge in [0.05, 0.1) is 12.6 Å². The Hall–Kier alpha value is 0.0600. The summed E-state index contributed by atoms with van der Waals surface area (Å²) in [4.78, 5) is 3.87. The molecule has 3 nitrogen and oxygen atoms in total. The molecule has 18 heavy (non-hydrogen) atoms. The molecule has 0 aromatic carbocycles. The molecule has 0 radical (unpaired) electrons. The van der Waals surface area contributed by atoms with E-state index in [2.05, 4.69) is 32.3 Å². The molecule has 0 saturated carbocycles. The first-order valence-electron chi connectivity index (χ1n) is 6.42. The smallest absolute Gasteiger partial charge is 0.0575 e. The SMILES string of the molecule is COCC1CCCN(C(CN)c2sccc2Br)C1. The minimum absolute atomic E-state index is 0.346. The van der Waals surface area contributed by atoms with Crippen LogP contribution >= 0.6 is 27.3 Å². The van der Waals surface area contributed by atoms with Crippen LogP contribution in [0.1, 0.15) is 23.8 Å². The highest BCUT2D eigenvalue weighted by molar-refractivity contribution is 9.10. The Morgan fingerprint density at radius 2 is 2.50 bits per heavy atom. The minimum Gasteiger partial charge on any atom is -0.384 e. The van der Waals surface area contributed by atoms with Gasteiger partial charge in [-0.15, -0.1) is 11.3 Å². The largest absolute Gasteiger partial charge is 0.384 e. The lowest BCUT2D eigenvalue weighted by Gasteiger charge is -2.37. The van der Waals surface area contributed by atoms with Crippen molar-refractivity contribution in [2.24, 2.45) is 11.7 Å². The molecule has 1 aliphatic rings. The number of halogens is 1. The predicted molar refractivity (Wildman–Crippen MR) is 80.0 cm³/mol. The van der Waals surface area contributed by atoms with Crippen molar-refractivity contribution in [1.82, 2.24) is 4.90 Å². The molecular formula is C13H21BrN2OS. The molecule has 2 heterocycles. The number of methoxy groups -OCH3 is 1. The highest BCUT2D eigenvalue weighted by atomic mass is 79.9. The van der Waals surface area contributed by atoms with Crippen molar-refractivity contribution in [1.29, 1.82) is 0 Å². The molecule has 2 atom stereocenters. The fourth-order valence-corrected chi connectivity index (χ4v) is 4.50. The number of rotatable bonds is 5. The lowest BCUT2D eigenvalue weighted by Crippen LogP contribution is -2.42. The summed E-state index contributed by atoms with van der Waals surface area (Å²) in [5.74, 6) is 0.650. The Morgan fingerprint density at radius 1 is 1.67 bits per heavy atom. The molecule has 1 aliphatic heterocycles. The molecule has 1 aromatic heterocycles. The number of piperidine rings is 1. The molecule has 1 fully saturated rings. The van der Waals surface area contributed by atoms with E-state index >= 15 is 0 Å². The summed E-state index contributed by atoms with van der Waals surface area (Å²) in [5, 5.41) is 2.12. The number of ether oxygens (including phenoxy) is 1. The quantitative estimate of drug-likeness (QED) is 0.900. The van der Waals surface area contributed by atoms with Gasteiger partial charge in [0.25, 0.3) is 0 Å². The first-order valence-corrected chi connectivity index (χ1v) is 8.09. The molecule has 2 N–H and O–H groups in total. The Kier molecular flexibility index (Phi) is 5.63. The zero-order chi connectivity index (χ0) is 13.0. The van der Waals surface area contributed by atoms with Crippen LogP contribution in [0.2, 0.25) is 0 Å². The van der Waals surface area contributed by atoms with Gasteiger partial charge < -0.3 is 10.5 Å². The molecule has 0 spiro atoms. The first kappa shape index (κ1) is 14.5. The maximum Gasteiger partial charge on any atom is 0.0575 e. The van der Waals surface area contributed by atoms with Gasteiger partial charge in [0.15, 0.2) is 0 Å². The van der Waals surface area contributed by atoms with Gasteiger partial charge in [-0.1, -0.05) is 0 Å². The second-order valence-electron chi connectivity index (χ2n) is 4.84. The number of likely N-dealkylation sites (tertiary alicyclic amines) is 1. The summed E-state index contributed by atoms with van der Waals surface area (Å²) < 4.78 is 6.48. The Morgan fingerprint density at radius 3 is 3.11 bits per heavy atom. The van der Waals surface area contributed by atoms with Crippen molar-refractivity contribution in [2.45, 2.75) is 18.9 Å². The number of nitrogens with zero attached hydrogens (tertiary/aromatic N) is 1. The highest BCUT2D eigenvalue weighted by Gasteiger charge is 2.27. The van der Waals surface area contributed by atoms with Crippen LogP contribution in [0.25, 0.3) is 0 Å². The van der Waals surface area contributed by atoms with Gasteiger partial charge in [-0.3, -0.25) is 4.90 Å². The van der Waals surface area contributed by atoms with Crippen LogP contribution in [0.15, 0.2) is 15.9 Å². The van der Waals surface area contributed by atoms with E-state index in [4.69, 9.17) is 10.5 Å². The van der Waals surface area contributed by atoms with E-state index in [1.165, 1.54) is 22.2 Å². The van der Waals surface area contributed by atoms with Crippen molar-refractivity contribution >= 4 is 27.3 Å². The number of hydrogen-bond donors (Lipinski definition) is 1. The zero-order valence-corrected chi connectivity index (χ0v) is 13.2. The van der Waals surface area contributed by atoms with E-state index in [1.54, 1.807) is 18.4 Å². The third-order valence-corrected chi connectivity index (χ3v) is 5.54. The van der Waals surface area contributed by atoms with Gasteiger partial charge in [-0.25, -0.2) is 0 Å². The van der Waals surface area contributed by atoms with Crippen LogP contribution < -0.4 is 5.73 Å². The zero-order valence-electron chi connectivity index (χ0n) is 10.8. The van der Waals surface area contributed by atoms with Gasteiger partial charge in [0, 0.05) is 29.5 Å². The molecule has 0 aliphatic carbocycles. The van der Waals surface area contributed by atoms with E-state index in [9.17, 15) is 0 Å². The molecule has 2 rings (SSSR count). The predicted octanol–water partition coefficient (Wildman–Crippen LogP) is 2.87. The molecule has 1 saturated heterocycles. The van der Waals surface area contributed by atoms with Crippen LogP contribution in [-0.2, 0) is 4.74 Å². The standard InChI is InChI=1S/C13H21BrN2OS/c1-17-9-10-3-2-5-16(8-10)12(7-15)13-11(14)4-6-18-13/h4,6,10,12H,2-3,5,7-9,15H2,1H3. The van der Waals surface area contributed by atoms with Gasteiger partial charge in [0.1, 0.15) is 0 Å². The molecule has 0 bridgehead atoms. The number of hydrogen-bond acceptors (Lipinski definition) is 4. The Labute approximate surface area is 121 Å². The second kappa shape index (κ2) is 7.01. The van der Waals surface area contributed by atoms with Gasteiger partial charge in [0.2, 0.25) is 0 Å². The summed E-state index contributed by atoms with van der Waals surface area (Å²) in [5.41, 5.74) is 6.00. The fraction of sp³-hybridized carbons (Fsp3) is 0.692. The van der Waals surface area contributed by atoms with Crippen LogP contribution in [0.4, 0.5) is 0 Å². The van der Waals surface area contributed by atoms with Crippen LogP contribution in [0.3, 0.4) is 0 Å². The van der Waals surface area contributed by atoms with Crippen molar-refractivity contribution in [3.05, 3.63) is 20.8 Å². The average Bonchev–Trinajstić information content (AvgIpc) is 2.78. The summed E-state index contributed by atoms with van der Waals surface area (Å²) in [7, 11) is 1.79. The van der Waals surface area contributed by atoms with Crippen LogP contribution in [-0.4, -0.2) is 38.3 Å². The van der Waals surface area contributed by atoms with Crippen LogP contribution in [0, 0.1) is 5.92 Å². The lowest BCUT2D eigenvalue weighted by molar-refractivity contribution is 0.0704. The second-order valence-corrected chi connectivity index (χ2v) is 6.64. The summed E-state index contributed by atoms with van der Waals surface area (Å²) in [6.07, 6.45) is 2.51. The van der Waals surface area contributed by atoms with E-state index in [0.717, 1.165) is 19.7 Å². The molecule has 102 valence electrons. The van der Waals surface area contributed by atoms with E-state index in [0.29, 0.717) is 18.5 Å². The lowest BCUT2D eigenvalue weighted by atomic mass is 9.97. The van der Waals surface area contributed by atoms with E-state index in [-0.39, 0.29) is 0 Å². The maximum atomic E-state index is 6.00. The third kappa shape index (κ3) is 3.33. The van der Waals surface area contributed by atoms with Gasteiger partial charge in [-0.05, 0) is 52.7 Å². The van der Waals surface area contributed by atoms with Gasteiger partial charge >= 0.3 is 0 Å². The highest BCUT2D eigenvalue weighted by Crippen LogP contribution is 2.34. The third-order valence-electron chi connectivity index (χ3n) is 3.56. The normalized spacial score (nSPS) is 23.2. The fourth-order valence-electron chi connectivity index (χ4n) is 2.72. The summed E-state index contributed by atoms with van der Waals surface area (Å²) in [6, 6.07) is 2.46. The average molecular weight is 333 g/mol. The molecule has 5 heteroatoms. The van der Waals surface area contributed by atoms with Crippen molar-refractivity contribution in [3.8, 4) is 0 Å². The van der Waals surface area contributed by atoms with Crippen molar-refractivity contribution < 1.29 is 4.74 Å². The first-order chi connectivity index (χ1) is 8.76. The van der Waals surface area contributed by atoms with Crippen molar-refractivity contribution in [2.75, 3.05) is 33.4 Å². The number of thiophene rings is 1. The van der Waals surface area contributed by atoms with Gasteiger partial charge in [-0.2, -0.15) is 0 Å². The van der Waals surface area contributed by atoms with E-state index in [1.807, 2.05) is 0 Å². The molecule has 0 amide bonds. The van der Waals surface area contributed by atoms with Crippen LogP contribution in [0.5, 0.6) is 0 Å². The molecular weight excluding hydrogens is 312 g/mol. The Balaban J connectivity index is 2.06. The number of nitrogens with two attached hydrogens (primary N) is 1.